The van der Waals surface area contributed by atoms with Gasteiger partial charge in [0.25, 0.3) is 5.56 Å². The van der Waals surface area contributed by atoms with Gasteiger partial charge in [-0.3, -0.25) is 29.2 Å². The van der Waals surface area contributed by atoms with Gasteiger partial charge < -0.3 is 9.80 Å². The highest BCUT2D eigenvalue weighted by Crippen LogP contribution is 2.46. The minimum Gasteiger partial charge on any atom is -0.363 e. The summed E-state index contributed by atoms with van der Waals surface area (Å²) in [5.74, 6) is -2.16. The fourth-order valence-electron chi connectivity index (χ4n) is 10.4. The standard InChI is InChI=1S/C44H43BrF2N8O3/c1-44(2)31-10-8-27(18-36(31)55-35-5-3-4-32(45)39(35)41(58)51-42(44)55)54-28-6-7-29(54)23-52(22-28)21-24-19-48-43(49-20-24)53-14-12-25(13-15-53)26-16-33(46)38(34(47)17-26)30-9-11-37(56)50-40(30)57/h3-5,8,10,16-20,25,28-30H,6-7,9,11-15,21-23H2,1-2H3,(H,50,56,57). The Hall–Kier alpha value is -5.08. The Morgan fingerprint density at radius 2 is 1.60 bits per heavy atom. The molecule has 2 bridgehead atoms. The molecule has 10 rings (SSSR count). The Morgan fingerprint density at radius 3 is 2.29 bits per heavy atom. The molecule has 3 unspecified atom stereocenters. The number of aromatic nitrogens is 4. The fraction of sp³-hybridized carbons (Fsp3) is 0.409. The van der Waals surface area contributed by atoms with Gasteiger partial charge in [0.2, 0.25) is 17.8 Å². The van der Waals surface area contributed by atoms with Crippen LogP contribution in [-0.4, -0.2) is 74.5 Å². The number of nitrogens with zero attached hydrogens (tertiary/aromatic N) is 7. The van der Waals surface area contributed by atoms with E-state index in [4.69, 9.17) is 9.97 Å². The summed E-state index contributed by atoms with van der Waals surface area (Å²) in [7, 11) is 0. The van der Waals surface area contributed by atoms with Crippen LogP contribution in [0.15, 0.2) is 70.2 Å². The number of benzene rings is 3. The van der Waals surface area contributed by atoms with E-state index in [1.54, 1.807) is 0 Å². The Morgan fingerprint density at radius 1 is 0.897 bits per heavy atom. The Labute approximate surface area is 342 Å². The highest BCUT2D eigenvalue weighted by molar-refractivity contribution is 9.10. The molecule has 298 valence electrons. The first-order valence-corrected chi connectivity index (χ1v) is 21.0. The molecule has 5 aliphatic heterocycles. The van der Waals surface area contributed by atoms with E-state index in [2.05, 4.69) is 77.5 Å². The van der Waals surface area contributed by atoms with Gasteiger partial charge >= 0.3 is 0 Å². The lowest BCUT2D eigenvalue weighted by molar-refractivity contribution is -0.134. The molecule has 11 nitrogen and oxygen atoms in total. The molecule has 3 atom stereocenters. The zero-order valence-electron chi connectivity index (χ0n) is 32.4. The second-order valence-electron chi connectivity index (χ2n) is 17.1. The van der Waals surface area contributed by atoms with Gasteiger partial charge in [0.15, 0.2) is 0 Å². The minimum atomic E-state index is -1.01. The highest BCUT2D eigenvalue weighted by Gasteiger charge is 2.43. The van der Waals surface area contributed by atoms with Crippen LogP contribution in [0.1, 0.15) is 92.3 Å². The molecule has 4 saturated heterocycles. The molecule has 3 aromatic carbocycles. The largest absolute Gasteiger partial charge is 0.363 e. The van der Waals surface area contributed by atoms with Crippen molar-refractivity contribution in [2.75, 3.05) is 36.0 Å². The molecule has 0 saturated carbocycles. The van der Waals surface area contributed by atoms with E-state index in [0.717, 1.165) is 59.5 Å². The predicted molar refractivity (Wildman–Crippen MR) is 219 cm³/mol. The van der Waals surface area contributed by atoms with Gasteiger partial charge in [0.1, 0.15) is 17.5 Å². The van der Waals surface area contributed by atoms with Crippen molar-refractivity contribution < 1.29 is 18.4 Å². The number of rotatable bonds is 6. The smallest absolute Gasteiger partial charge is 0.281 e. The van der Waals surface area contributed by atoms with Crippen molar-refractivity contribution in [3.05, 3.63) is 115 Å². The van der Waals surface area contributed by atoms with Crippen LogP contribution in [0.5, 0.6) is 0 Å². The number of fused-ring (bicyclic) bond motifs is 7. The van der Waals surface area contributed by atoms with Gasteiger partial charge in [-0.05, 0) is 115 Å². The number of halogens is 3. The van der Waals surface area contributed by atoms with Crippen LogP contribution >= 0.6 is 15.9 Å². The van der Waals surface area contributed by atoms with Crippen LogP contribution in [0, 0.1) is 11.6 Å². The zero-order valence-corrected chi connectivity index (χ0v) is 33.9. The third-order valence-electron chi connectivity index (χ3n) is 13.2. The number of nitrogens with one attached hydrogen (secondary N) is 1. The number of likely N-dealkylation sites (tertiary alicyclic amines) is 1. The number of piperazine rings is 1. The number of imide groups is 1. The van der Waals surface area contributed by atoms with Crippen molar-refractivity contribution in [2.45, 2.75) is 88.3 Å². The quantitative estimate of drug-likeness (QED) is 0.189. The fourth-order valence-corrected chi connectivity index (χ4v) is 10.9. The predicted octanol–water partition coefficient (Wildman–Crippen LogP) is 6.61. The summed E-state index contributed by atoms with van der Waals surface area (Å²) in [5, 5.41) is 2.79. The average molecular weight is 850 g/mol. The molecule has 0 radical (unpaired) electrons. The van der Waals surface area contributed by atoms with Crippen molar-refractivity contribution in [1.29, 1.82) is 0 Å². The van der Waals surface area contributed by atoms with E-state index >= 15 is 8.78 Å². The van der Waals surface area contributed by atoms with Crippen molar-refractivity contribution in [2.24, 2.45) is 0 Å². The van der Waals surface area contributed by atoms with Gasteiger partial charge in [-0.2, -0.15) is 4.98 Å². The van der Waals surface area contributed by atoms with Gasteiger partial charge in [0.05, 0.1) is 27.9 Å². The lowest BCUT2D eigenvalue weighted by Gasteiger charge is -2.42. The van der Waals surface area contributed by atoms with Gasteiger partial charge in [0, 0.05) is 84.9 Å². The maximum Gasteiger partial charge on any atom is 0.281 e. The monoisotopic (exact) mass is 848 g/mol. The van der Waals surface area contributed by atoms with Crippen LogP contribution in [0.3, 0.4) is 0 Å². The Kier molecular flexibility index (Phi) is 9.01. The molecule has 2 amide bonds. The van der Waals surface area contributed by atoms with Crippen LogP contribution in [0.25, 0.3) is 16.6 Å². The molecular formula is C44H43BrF2N8O3. The summed E-state index contributed by atoms with van der Waals surface area (Å²) in [6.07, 6.45) is 7.62. The molecule has 4 fully saturated rings. The van der Waals surface area contributed by atoms with E-state index in [0.29, 0.717) is 54.9 Å². The molecule has 0 aliphatic carbocycles. The van der Waals surface area contributed by atoms with E-state index in [1.165, 1.54) is 23.4 Å². The minimum absolute atomic E-state index is 0.0334. The molecule has 2 aromatic heterocycles. The molecule has 58 heavy (non-hydrogen) atoms. The summed E-state index contributed by atoms with van der Waals surface area (Å²) in [6, 6.07) is 16.1. The number of piperidine rings is 2. The van der Waals surface area contributed by atoms with Crippen molar-refractivity contribution in [1.82, 2.24) is 29.7 Å². The van der Waals surface area contributed by atoms with E-state index < -0.39 is 34.8 Å². The van der Waals surface area contributed by atoms with Crippen molar-refractivity contribution in [3.63, 3.8) is 0 Å². The first-order chi connectivity index (χ1) is 27.9. The second kappa shape index (κ2) is 14.0. The average Bonchev–Trinajstić information content (AvgIpc) is 3.60. The van der Waals surface area contributed by atoms with Crippen LogP contribution in [0.2, 0.25) is 0 Å². The molecule has 14 heteroatoms. The van der Waals surface area contributed by atoms with E-state index in [-0.39, 0.29) is 29.9 Å². The second-order valence-corrected chi connectivity index (χ2v) is 17.9. The third-order valence-corrected chi connectivity index (χ3v) is 13.9. The third kappa shape index (κ3) is 6.13. The summed E-state index contributed by atoms with van der Waals surface area (Å²) in [4.78, 5) is 58.4. The molecule has 1 N–H and O–H groups in total. The van der Waals surface area contributed by atoms with Crippen LogP contribution < -0.4 is 20.7 Å². The first-order valence-electron chi connectivity index (χ1n) is 20.2. The van der Waals surface area contributed by atoms with E-state index in [9.17, 15) is 14.4 Å². The Balaban J connectivity index is 0.789. The summed E-state index contributed by atoms with van der Waals surface area (Å²) in [6.45, 7) is 8.23. The molecule has 0 spiro atoms. The van der Waals surface area contributed by atoms with Crippen LogP contribution in [-0.2, 0) is 21.5 Å². The normalized spacial score (nSPS) is 23.0. The molecular weight excluding hydrogens is 806 g/mol. The molecule has 5 aliphatic rings. The number of hydrogen-bond acceptors (Lipinski definition) is 9. The number of carbonyl (C=O) groups is 2. The van der Waals surface area contributed by atoms with Gasteiger partial charge in [-0.1, -0.05) is 12.1 Å². The van der Waals surface area contributed by atoms with Gasteiger partial charge in [-0.15, -0.1) is 0 Å². The van der Waals surface area contributed by atoms with E-state index in [1.807, 2.05) is 30.6 Å². The Bertz CT molecular complexity index is 2540. The number of amides is 2. The summed E-state index contributed by atoms with van der Waals surface area (Å²) in [5.41, 5.74) is 5.07. The topological polar surface area (TPSA) is 117 Å². The maximum atomic E-state index is 15.2. The van der Waals surface area contributed by atoms with Gasteiger partial charge in [-0.25, -0.2) is 18.7 Å². The molecule has 5 aromatic rings. The number of carbonyl (C=O) groups excluding carboxylic acids is 2. The summed E-state index contributed by atoms with van der Waals surface area (Å²) < 4.78 is 33.4. The SMILES string of the molecule is CC1(C)c2ccc(N3C4CCC3CN(Cc3cnc(N5CCC(c6cc(F)c(C7CCC(=O)NC7=O)c(F)c6)CC5)nc3)C4)cc2-n2c1nc(=O)c1c(Br)cccc12. The summed E-state index contributed by atoms with van der Waals surface area (Å²) >= 11 is 3.59. The molecule has 7 heterocycles. The number of anilines is 2. The van der Waals surface area contributed by atoms with Crippen LogP contribution in [0.4, 0.5) is 20.4 Å². The highest BCUT2D eigenvalue weighted by atomic mass is 79.9. The maximum absolute atomic E-state index is 15.2. The lowest BCUT2D eigenvalue weighted by Crippen LogP contribution is -2.53. The first kappa shape index (κ1) is 37.2. The van der Waals surface area contributed by atoms with Crippen molar-refractivity contribution in [3.8, 4) is 5.69 Å². The number of hydrogen-bond donors (Lipinski definition) is 1. The zero-order chi connectivity index (χ0) is 40.0. The van der Waals surface area contributed by atoms with Crippen molar-refractivity contribution >= 4 is 50.3 Å². The lowest BCUT2D eigenvalue weighted by atomic mass is 9.85.